The summed E-state index contributed by atoms with van der Waals surface area (Å²) in [5, 5.41) is 28.8. The summed E-state index contributed by atoms with van der Waals surface area (Å²) in [7, 11) is 0. The van der Waals surface area contributed by atoms with Crippen molar-refractivity contribution in [2.24, 2.45) is 0 Å². The fraction of sp³-hybridized carbons (Fsp3) is 0.292. The van der Waals surface area contributed by atoms with E-state index in [9.17, 15) is 14.7 Å². The normalized spacial score (nSPS) is 15.3. The average Bonchev–Trinajstić information content (AvgIpc) is 3.51. The van der Waals surface area contributed by atoms with Crippen molar-refractivity contribution in [1.29, 1.82) is 0 Å². The van der Waals surface area contributed by atoms with Gasteiger partial charge < -0.3 is 15.5 Å². The van der Waals surface area contributed by atoms with Crippen LogP contribution in [0.15, 0.2) is 60.7 Å². The predicted molar refractivity (Wildman–Crippen MR) is 116 cm³/mol. The Labute approximate surface area is 180 Å². The molecule has 160 valence electrons. The zero-order chi connectivity index (χ0) is 21.8. The lowest BCUT2D eigenvalue weighted by Crippen LogP contribution is -2.40. The Balaban J connectivity index is 1.46. The monoisotopic (exact) mass is 419 g/mol. The maximum Gasteiger partial charge on any atom is 0.332 e. The second kappa shape index (κ2) is 9.14. The molecule has 1 fully saturated rings. The molecule has 0 aliphatic heterocycles. The Morgan fingerprint density at radius 3 is 2.39 bits per heavy atom. The minimum absolute atomic E-state index is 0.0921. The zero-order valence-corrected chi connectivity index (χ0v) is 17.0. The number of hydrogen-bond acceptors (Lipinski definition) is 4. The molecular weight excluding hydrogens is 394 g/mol. The number of aliphatic hydroxyl groups is 1. The van der Waals surface area contributed by atoms with Crippen LogP contribution >= 0.6 is 0 Å². The molecule has 1 amide bonds. The van der Waals surface area contributed by atoms with Crippen LogP contribution in [0.3, 0.4) is 0 Å². The van der Waals surface area contributed by atoms with E-state index in [1.54, 1.807) is 6.07 Å². The fourth-order valence-electron chi connectivity index (χ4n) is 3.62. The molecular formula is C24H25N3O4. The molecule has 3 aromatic rings. The van der Waals surface area contributed by atoms with Crippen LogP contribution in [-0.2, 0) is 11.2 Å². The molecule has 4 rings (SSSR count). The second-order valence-corrected chi connectivity index (χ2v) is 8.01. The van der Waals surface area contributed by atoms with Gasteiger partial charge in [0.15, 0.2) is 6.10 Å². The van der Waals surface area contributed by atoms with Crippen LogP contribution in [0.1, 0.15) is 46.9 Å². The van der Waals surface area contributed by atoms with E-state index < -0.39 is 18.1 Å². The van der Waals surface area contributed by atoms with Crippen molar-refractivity contribution < 1.29 is 19.8 Å². The maximum atomic E-state index is 12.7. The van der Waals surface area contributed by atoms with Crippen molar-refractivity contribution in [3.63, 3.8) is 0 Å². The molecule has 2 unspecified atom stereocenters. The molecule has 1 aliphatic rings. The standard InChI is InChI=1S/C24H25N3O4/c28-22(24(30)31)13-19(25-23(29)21-14-20(26-27-21)18-10-11-18)12-15-6-8-17(9-7-15)16-4-2-1-3-5-16/h1-9,14,18-19,22,28H,10-13H2,(H,25,29)(H,26,27)(H,30,31). The van der Waals surface area contributed by atoms with Crippen LogP contribution in [0.4, 0.5) is 0 Å². The van der Waals surface area contributed by atoms with Crippen LogP contribution in [0.25, 0.3) is 11.1 Å². The number of carbonyl (C=O) groups is 2. The molecule has 0 saturated heterocycles. The van der Waals surface area contributed by atoms with E-state index in [1.165, 1.54) is 0 Å². The second-order valence-electron chi connectivity index (χ2n) is 8.01. The number of carbonyl (C=O) groups excluding carboxylic acids is 1. The van der Waals surface area contributed by atoms with E-state index >= 15 is 0 Å². The van der Waals surface area contributed by atoms with Crippen molar-refractivity contribution in [2.45, 2.75) is 43.7 Å². The van der Waals surface area contributed by atoms with Crippen molar-refractivity contribution in [2.75, 3.05) is 0 Å². The fourth-order valence-corrected chi connectivity index (χ4v) is 3.62. The maximum absolute atomic E-state index is 12.7. The lowest BCUT2D eigenvalue weighted by Gasteiger charge is -2.20. The SMILES string of the molecule is O=C(NC(Cc1ccc(-c2ccccc2)cc1)CC(O)C(=O)O)c1cc(C2CC2)n[nH]1. The summed E-state index contributed by atoms with van der Waals surface area (Å²) in [5.74, 6) is -1.25. The lowest BCUT2D eigenvalue weighted by atomic mass is 9.97. The highest BCUT2D eigenvalue weighted by Gasteiger charge is 2.28. The number of H-pyrrole nitrogens is 1. The molecule has 0 spiro atoms. The summed E-state index contributed by atoms with van der Waals surface area (Å²) in [5.41, 5.74) is 4.33. The number of aromatic amines is 1. The number of amides is 1. The lowest BCUT2D eigenvalue weighted by molar-refractivity contribution is -0.147. The van der Waals surface area contributed by atoms with Crippen LogP contribution < -0.4 is 5.32 Å². The Bertz CT molecular complexity index is 1040. The molecule has 1 aromatic heterocycles. The number of nitrogens with one attached hydrogen (secondary N) is 2. The van der Waals surface area contributed by atoms with Crippen molar-refractivity contribution in [1.82, 2.24) is 15.5 Å². The topological polar surface area (TPSA) is 115 Å². The first-order valence-corrected chi connectivity index (χ1v) is 10.4. The van der Waals surface area contributed by atoms with E-state index in [-0.39, 0.29) is 12.3 Å². The minimum Gasteiger partial charge on any atom is -0.479 e. The Morgan fingerprint density at radius 1 is 1.06 bits per heavy atom. The largest absolute Gasteiger partial charge is 0.479 e. The number of benzene rings is 2. The number of nitrogens with zero attached hydrogens (tertiary/aromatic N) is 1. The first-order valence-electron chi connectivity index (χ1n) is 10.4. The molecule has 1 heterocycles. The first-order chi connectivity index (χ1) is 15.0. The quantitative estimate of drug-likeness (QED) is 0.425. The van der Waals surface area contributed by atoms with E-state index in [1.807, 2.05) is 54.6 Å². The van der Waals surface area contributed by atoms with Crippen molar-refractivity contribution in [3.05, 3.63) is 77.6 Å². The number of carboxylic acids is 1. The van der Waals surface area contributed by atoms with E-state index in [0.717, 1.165) is 35.2 Å². The molecule has 1 saturated carbocycles. The van der Waals surface area contributed by atoms with Crippen LogP contribution in [0.2, 0.25) is 0 Å². The van der Waals surface area contributed by atoms with E-state index in [2.05, 4.69) is 15.5 Å². The summed E-state index contributed by atoms with van der Waals surface area (Å²) in [4.78, 5) is 23.8. The van der Waals surface area contributed by atoms with Gasteiger partial charge in [0, 0.05) is 18.4 Å². The van der Waals surface area contributed by atoms with Crippen LogP contribution in [0.5, 0.6) is 0 Å². The van der Waals surface area contributed by atoms with E-state index in [4.69, 9.17) is 5.11 Å². The number of hydrogen-bond donors (Lipinski definition) is 4. The minimum atomic E-state index is -1.56. The van der Waals surface area contributed by atoms with Gasteiger partial charge in [0.25, 0.3) is 5.91 Å². The number of aliphatic carboxylic acids is 1. The highest BCUT2D eigenvalue weighted by Crippen LogP contribution is 2.39. The third-order valence-corrected chi connectivity index (χ3v) is 5.51. The highest BCUT2D eigenvalue weighted by atomic mass is 16.4. The van der Waals surface area contributed by atoms with Gasteiger partial charge in [-0.25, -0.2) is 4.79 Å². The summed E-state index contributed by atoms with van der Waals surface area (Å²) in [6.45, 7) is 0. The van der Waals surface area contributed by atoms with Gasteiger partial charge in [0.1, 0.15) is 5.69 Å². The highest BCUT2D eigenvalue weighted by molar-refractivity contribution is 5.92. The molecule has 7 nitrogen and oxygen atoms in total. The predicted octanol–water partition coefficient (Wildman–Crippen LogP) is 3.13. The summed E-state index contributed by atoms with van der Waals surface area (Å²) in [6.07, 6.45) is 0.911. The van der Waals surface area contributed by atoms with Crippen LogP contribution in [-0.4, -0.2) is 44.4 Å². The molecule has 4 N–H and O–H groups in total. The number of rotatable bonds is 9. The van der Waals surface area contributed by atoms with Gasteiger partial charge in [0.2, 0.25) is 0 Å². The summed E-state index contributed by atoms with van der Waals surface area (Å²) < 4.78 is 0. The third-order valence-electron chi connectivity index (χ3n) is 5.51. The number of aliphatic hydroxyl groups excluding tert-OH is 1. The molecule has 2 aromatic carbocycles. The molecule has 7 heteroatoms. The number of aromatic nitrogens is 2. The number of carboxylic acid groups (broad SMARTS) is 1. The summed E-state index contributed by atoms with van der Waals surface area (Å²) in [6, 6.07) is 19.1. The Morgan fingerprint density at radius 2 is 1.74 bits per heavy atom. The van der Waals surface area contributed by atoms with Gasteiger partial charge in [0.05, 0.1) is 5.69 Å². The molecule has 0 radical (unpaired) electrons. The van der Waals surface area contributed by atoms with Gasteiger partial charge in [-0.3, -0.25) is 9.89 Å². The van der Waals surface area contributed by atoms with Gasteiger partial charge in [-0.1, -0.05) is 54.6 Å². The summed E-state index contributed by atoms with van der Waals surface area (Å²) >= 11 is 0. The van der Waals surface area contributed by atoms with Crippen LogP contribution in [0, 0.1) is 0 Å². The molecule has 0 bridgehead atoms. The van der Waals surface area contributed by atoms with Gasteiger partial charge in [-0.05, 0) is 42.0 Å². The average molecular weight is 419 g/mol. The van der Waals surface area contributed by atoms with E-state index in [0.29, 0.717) is 18.0 Å². The molecule has 2 atom stereocenters. The molecule has 1 aliphatic carbocycles. The smallest absolute Gasteiger partial charge is 0.332 e. The van der Waals surface area contributed by atoms with Gasteiger partial charge in [-0.15, -0.1) is 0 Å². The zero-order valence-electron chi connectivity index (χ0n) is 17.0. The van der Waals surface area contributed by atoms with Gasteiger partial charge in [-0.2, -0.15) is 5.10 Å². The van der Waals surface area contributed by atoms with Crippen molar-refractivity contribution >= 4 is 11.9 Å². The third kappa shape index (κ3) is 5.38. The first kappa shape index (κ1) is 20.8. The Kier molecular flexibility index (Phi) is 6.13. The van der Waals surface area contributed by atoms with Crippen molar-refractivity contribution in [3.8, 4) is 11.1 Å². The Hall–Kier alpha value is -3.45. The van der Waals surface area contributed by atoms with Gasteiger partial charge >= 0.3 is 5.97 Å². The molecule has 31 heavy (non-hydrogen) atoms.